The first-order chi connectivity index (χ1) is 12.3. The molecular weight excluding hydrogens is 380 g/mol. The van der Waals surface area contributed by atoms with Crippen LogP contribution in [0.4, 0.5) is 4.79 Å². The third-order valence-corrected chi connectivity index (χ3v) is 4.11. The van der Waals surface area contributed by atoms with Crippen molar-refractivity contribution in [3.8, 4) is 5.75 Å². The lowest BCUT2D eigenvalue weighted by molar-refractivity contribution is -0.119. The zero-order valence-corrected chi connectivity index (χ0v) is 16.1. The molecule has 0 spiro atoms. The molecule has 0 radical (unpaired) electrons. The number of halogens is 1. The van der Waals surface area contributed by atoms with E-state index in [0.29, 0.717) is 10.8 Å². The Balaban J connectivity index is 1.82. The standard InChI is InChI=1S/C16H19ClN4O4S/c1-9(2)18-15(23)19-14(22)10(3)26-16-21-20-13(25-16)8-24-12-6-4-11(17)5-7-12/h4-7,9-10H,8H2,1-3H3,(H2,18,19,22,23)/t10-/m1/s1. The lowest BCUT2D eigenvalue weighted by Gasteiger charge is -2.11. The lowest BCUT2D eigenvalue weighted by Crippen LogP contribution is -2.45. The molecule has 0 unspecified atom stereocenters. The number of carbonyl (C=O) groups is 2. The number of hydrogen-bond acceptors (Lipinski definition) is 7. The maximum atomic E-state index is 12.0. The van der Waals surface area contributed by atoms with Gasteiger partial charge in [0.2, 0.25) is 5.91 Å². The fourth-order valence-electron chi connectivity index (χ4n) is 1.74. The summed E-state index contributed by atoms with van der Waals surface area (Å²) in [5.41, 5.74) is 0. The Morgan fingerprint density at radius 3 is 2.58 bits per heavy atom. The highest BCUT2D eigenvalue weighted by Crippen LogP contribution is 2.22. The summed E-state index contributed by atoms with van der Waals surface area (Å²) in [5.74, 6) is 0.434. The van der Waals surface area contributed by atoms with E-state index in [2.05, 4.69) is 20.8 Å². The fraction of sp³-hybridized carbons (Fsp3) is 0.375. The summed E-state index contributed by atoms with van der Waals surface area (Å²) in [6, 6.07) is 6.26. The number of nitrogens with zero attached hydrogens (tertiary/aromatic N) is 2. The Morgan fingerprint density at radius 1 is 1.23 bits per heavy atom. The van der Waals surface area contributed by atoms with Gasteiger partial charge in [-0.05, 0) is 45.0 Å². The minimum absolute atomic E-state index is 0.0649. The molecule has 0 bridgehead atoms. The third kappa shape index (κ3) is 6.57. The minimum Gasteiger partial charge on any atom is -0.484 e. The van der Waals surface area contributed by atoms with Gasteiger partial charge in [0, 0.05) is 11.1 Å². The number of aromatic nitrogens is 2. The number of nitrogens with one attached hydrogen (secondary N) is 2. The predicted octanol–water partition coefficient (Wildman–Crippen LogP) is 3.02. The van der Waals surface area contributed by atoms with Crippen molar-refractivity contribution in [3.05, 3.63) is 35.2 Å². The second-order valence-electron chi connectivity index (χ2n) is 5.58. The summed E-state index contributed by atoms with van der Waals surface area (Å²) < 4.78 is 10.9. The first-order valence-corrected chi connectivity index (χ1v) is 9.08. The number of ether oxygens (including phenoxy) is 1. The molecule has 2 N–H and O–H groups in total. The smallest absolute Gasteiger partial charge is 0.321 e. The summed E-state index contributed by atoms with van der Waals surface area (Å²) in [6.07, 6.45) is 0. The fourth-order valence-corrected chi connectivity index (χ4v) is 2.56. The topological polar surface area (TPSA) is 106 Å². The average Bonchev–Trinajstić information content (AvgIpc) is 3.01. The van der Waals surface area contributed by atoms with Gasteiger partial charge < -0.3 is 14.5 Å². The molecule has 0 aliphatic carbocycles. The Kier molecular flexibility index (Phi) is 7.28. The number of carbonyl (C=O) groups excluding carboxylic acids is 2. The van der Waals surface area contributed by atoms with Gasteiger partial charge in [0.05, 0.1) is 5.25 Å². The van der Waals surface area contributed by atoms with Crippen molar-refractivity contribution in [3.63, 3.8) is 0 Å². The highest BCUT2D eigenvalue weighted by atomic mass is 35.5. The molecule has 2 rings (SSSR count). The van der Waals surface area contributed by atoms with Gasteiger partial charge in [0.1, 0.15) is 5.75 Å². The van der Waals surface area contributed by atoms with Crippen molar-refractivity contribution in [2.75, 3.05) is 0 Å². The van der Waals surface area contributed by atoms with E-state index in [-0.39, 0.29) is 23.8 Å². The van der Waals surface area contributed by atoms with E-state index in [1.54, 1.807) is 45.0 Å². The van der Waals surface area contributed by atoms with Crippen molar-refractivity contribution in [2.24, 2.45) is 0 Å². The molecule has 0 saturated carbocycles. The molecule has 0 aliphatic heterocycles. The molecule has 10 heteroatoms. The van der Waals surface area contributed by atoms with Crippen LogP contribution < -0.4 is 15.4 Å². The highest BCUT2D eigenvalue weighted by molar-refractivity contribution is 8.00. The quantitative estimate of drug-likeness (QED) is 0.690. The zero-order chi connectivity index (χ0) is 19.1. The van der Waals surface area contributed by atoms with Crippen LogP contribution in [0.25, 0.3) is 0 Å². The molecule has 0 fully saturated rings. The van der Waals surface area contributed by atoms with Gasteiger partial charge in [-0.1, -0.05) is 23.4 Å². The van der Waals surface area contributed by atoms with E-state index in [9.17, 15) is 9.59 Å². The Hall–Kier alpha value is -2.26. The van der Waals surface area contributed by atoms with Gasteiger partial charge >= 0.3 is 6.03 Å². The maximum Gasteiger partial charge on any atom is 0.321 e. The van der Waals surface area contributed by atoms with E-state index < -0.39 is 17.2 Å². The largest absolute Gasteiger partial charge is 0.484 e. The molecule has 3 amide bonds. The molecule has 0 saturated heterocycles. The number of benzene rings is 1. The van der Waals surface area contributed by atoms with Crippen molar-refractivity contribution in [2.45, 2.75) is 43.9 Å². The normalized spacial score (nSPS) is 11.9. The average molecular weight is 399 g/mol. The number of thioether (sulfide) groups is 1. The third-order valence-electron chi connectivity index (χ3n) is 2.93. The molecule has 2 aromatic rings. The van der Waals surface area contributed by atoms with Gasteiger partial charge in [0.25, 0.3) is 11.1 Å². The molecule has 8 nitrogen and oxygen atoms in total. The van der Waals surface area contributed by atoms with Crippen LogP contribution in [-0.2, 0) is 11.4 Å². The molecule has 140 valence electrons. The first-order valence-electron chi connectivity index (χ1n) is 7.82. The predicted molar refractivity (Wildman–Crippen MR) is 97.2 cm³/mol. The van der Waals surface area contributed by atoms with Crippen molar-refractivity contribution in [1.29, 1.82) is 0 Å². The van der Waals surface area contributed by atoms with E-state index >= 15 is 0 Å². The van der Waals surface area contributed by atoms with E-state index in [0.717, 1.165) is 11.8 Å². The van der Waals surface area contributed by atoms with E-state index in [1.165, 1.54) is 0 Å². The summed E-state index contributed by atoms with van der Waals surface area (Å²) in [4.78, 5) is 23.5. The van der Waals surface area contributed by atoms with Gasteiger partial charge in [-0.25, -0.2) is 4.79 Å². The molecule has 1 heterocycles. The van der Waals surface area contributed by atoms with Crippen LogP contribution in [0, 0.1) is 0 Å². The number of hydrogen-bond donors (Lipinski definition) is 2. The van der Waals surface area contributed by atoms with E-state index in [4.69, 9.17) is 20.8 Å². The Bertz CT molecular complexity index is 751. The highest BCUT2D eigenvalue weighted by Gasteiger charge is 2.20. The number of imide groups is 1. The van der Waals surface area contributed by atoms with Crippen LogP contribution in [-0.4, -0.2) is 33.4 Å². The monoisotopic (exact) mass is 398 g/mol. The molecule has 1 atom stereocenters. The lowest BCUT2D eigenvalue weighted by atomic mass is 10.3. The van der Waals surface area contributed by atoms with Crippen LogP contribution in [0.3, 0.4) is 0 Å². The van der Waals surface area contributed by atoms with Gasteiger partial charge in [-0.2, -0.15) is 0 Å². The number of urea groups is 1. The van der Waals surface area contributed by atoms with Crippen LogP contribution >= 0.6 is 23.4 Å². The van der Waals surface area contributed by atoms with Gasteiger partial charge in [-0.3, -0.25) is 10.1 Å². The SMILES string of the molecule is CC(C)NC(=O)NC(=O)[C@@H](C)Sc1nnc(COc2ccc(Cl)cc2)o1. The first kappa shape index (κ1) is 20.1. The second-order valence-corrected chi connectivity index (χ2v) is 7.31. The summed E-state index contributed by atoms with van der Waals surface area (Å²) >= 11 is 6.86. The summed E-state index contributed by atoms with van der Waals surface area (Å²) in [5, 5.41) is 12.8. The van der Waals surface area contributed by atoms with Crippen LogP contribution in [0.2, 0.25) is 5.02 Å². The minimum atomic E-state index is -0.585. The molecule has 1 aromatic carbocycles. The van der Waals surface area contributed by atoms with Crippen LogP contribution in [0.5, 0.6) is 5.75 Å². The number of rotatable bonds is 7. The number of amides is 3. The Morgan fingerprint density at radius 2 is 1.92 bits per heavy atom. The molecule has 26 heavy (non-hydrogen) atoms. The van der Waals surface area contributed by atoms with Crippen LogP contribution in [0.1, 0.15) is 26.7 Å². The molecular formula is C16H19ClN4O4S. The van der Waals surface area contributed by atoms with Crippen molar-refractivity contribution >= 4 is 35.3 Å². The van der Waals surface area contributed by atoms with E-state index in [1.807, 2.05) is 0 Å². The van der Waals surface area contributed by atoms with Crippen molar-refractivity contribution < 1.29 is 18.7 Å². The van der Waals surface area contributed by atoms with Gasteiger partial charge in [-0.15, -0.1) is 10.2 Å². The summed E-state index contributed by atoms with van der Waals surface area (Å²) in [7, 11) is 0. The maximum absolute atomic E-state index is 12.0. The molecule has 0 aliphatic rings. The van der Waals surface area contributed by atoms with Gasteiger partial charge in [0.15, 0.2) is 6.61 Å². The Labute approximate surface area is 160 Å². The summed E-state index contributed by atoms with van der Waals surface area (Å²) in [6.45, 7) is 5.33. The molecule has 1 aromatic heterocycles. The zero-order valence-electron chi connectivity index (χ0n) is 14.5. The van der Waals surface area contributed by atoms with Crippen LogP contribution in [0.15, 0.2) is 33.9 Å². The second kappa shape index (κ2) is 9.44. The van der Waals surface area contributed by atoms with Crippen molar-refractivity contribution in [1.82, 2.24) is 20.8 Å².